The van der Waals surface area contributed by atoms with Gasteiger partial charge in [-0.15, -0.1) is 0 Å². The van der Waals surface area contributed by atoms with Gasteiger partial charge >= 0.3 is 0 Å². The summed E-state index contributed by atoms with van der Waals surface area (Å²) in [4.78, 5) is 8.98. The second-order valence-corrected chi connectivity index (χ2v) is 7.66. The van der Waals surface area contributed by atoms with Crippen molar-refractivity contribution < 1.29 is 8.42 Å². The van der Waals surface area contributed by atoms with E-state index in [1.807, 2.05) is 37.3 Å². The summed E-state index contributed by atoms with van der Waals surface area (Å²) in [6.07, 6.45) is 2.88. The zero-order valence-electron chi connectivity index (χ0n) is 13.9. The monoisotopic (exact) mass is 348 g/mol. The Labute approximate surface area is 147 Å². The molecule has 25 heavy (non-hydrogen) atoms. The van der Waals surface area contributed by atoms with Crippen molar-refractivity contribution in [1.82, 2.24) is 9.97 Å². The van der Waals surface area contributed by atoms with Crippen molar-refractivity contribution >= 4 is 9.84 Å². The van der Waals surface area contributed by atoms with Crippen LogP contribution in [0.15, 0.2) is 65.7 Å². The lowest BCUT2D eigenvalue weighted by atomic mass is 10.1. The summed E-state index contributed by atoms with van der Waals surface area (Å²) in [5.41, 5.74) is 4.04. The Balaban J connectivity index is 1.90. The molecular formula is C20H16N2O2S. The molecule has 0 unspecified atom stereocenters. The average Bonchev–Trinajstić information content (AvgIpc) is 2.60. The summed E-state index contributed by atoms with van der Waals surface area (Å²) in [5.74, 6) is 6.13. The molecule has 0 saturated carbocycles. The van der Waals surface area contributed by atoms with E-state index in [-0.39, 0.29) is 4.90 Å². The second kappa shape index (κ2) is 6.88. The van der Waals surface area contributed by atoms with Crippen LogP contribution in [0.3, 0.4) is 0 Å². The number of benzene rings is 1. The number of hydrogen-bond acceptors (Lipinski definition) is 4. The molecule has 0 atom stereocenters. The normalized spacial score (nSPS) is 10.8. The number of nitrogens with zero attached hydrogens (tertiary/aromatic N) is 2. The lowest BCUT2D eigenvalue weighted by Gasteiger charge is -2.03. The Hall–Kier alpha value is -2.97. The van der Waals surface area contributed by atoms with Crippen LogP contribution in [0.5, 0.6) is 0 Å². The molecule has 0 fully saturated rings. The molecule has 3 rings (SSSR count). The molecule has 3 aromatic rings. The molecule has 0 aliphatic carbocycles. The fourth-order valence-electron chi connectivity index (χ4n) is 2.29. The van der Waals surface area contributed by atoms with Gasteiger partial charge in [-0.05, 0) is 49.2 Å². The smallest absolute Gasteiger partial charge is 0.175 e. The molecule has 0 amide bonds. The van der Waals surface area contributed by atoms with Gasteiger partial charge in [0, 0.05) is 29.3 Å². The van der Waals surface area contributed by atoms with E-state index in [0.717, 1.165) is 28.2 Å². The quantitative estimate of drug-likeness (QED) is 0.667. The van der Waals surface area contributed by atoms with Crippen molar-refractivity contribution in [2.45, 2.75) is 11.8 Å². The standard InChI is InChI=1S/C20H16N2O2S/c1-15-4-3-5-18(22-15)9-6-16-12-13-21-20(14-16)17-7-10-19(11-8-17)25(2,23)24/h3-5,7-8,10-14H,1-2H3. The molecule has 1 aromatic carbocycles. The van der Waals surface area contributed by atoms with Gasteiger partial charge in [-0.1, -0.05) is 24.1 Å². The van der Waals surface area contributed by atoms with Crippen LogP contribution in [0.25, 0.3) is 11.3 Å². The van der Waals surface area contributed by atoms with Gasteiger partial charge in [-0.3, -0.25) is 4.98 Å². The van der Waals surface area contributed by atoms with Gasteiger partial charge in [0.2, 0.25) is 0 Å². The topological polar surface area (TPSA) is 59.9 Å². The van der Waals surface area contributed by atoms with Crippen LogP contribution in [0.4, 0.5) is 0 Å². The zero-order valence-corrected chi connectivity index (χ0v) is 14.7. The number of aromatic nitrogens is 2. The van der Waals surface area contributed by atoms with Crippen molar-refractivity contribution in [3.63, 3.8) is 0 Å². The highest BCUT2D eigenvalue weighted by atomic mass is 32.2. The number of rotatable bonds is 2. The summed E-state index contributed by atoms with van der Waals surface area (Å²) >= 11 is 0. The van der Waals surface area contributed by atoms with Crippen molar-refractivity contribution in [2.75, 3.05) is 6.26 Å². The van der Waals surface area contributed by atoms with E-state index < -0.39 is 9.84 Å². The Morgan fingerprint density at radius 3 is 2.40 bits per heavy atom. The lowest BCUT2D eigenvalue weighted by Crippen LogP contribution is -1.96. The molecule has 0 radical (unpaired) electrons. The number of sulfone groups is 1. The van der Waals surface area contributed by atoms with Gasteiger partial charge in [0.25, 0.3) is 0 Å². The van der Waals surface area contributed by atoms with Crippen molar-refractivity contribution in [2.24, 2.45) is 0 Å². The highest BCUT2D eigenvalue weighted by molar-refractivity contribution is 7.90. The highest BCUT2D eigenvalue weighted by Crippen LogP contribution is 2.20. The van der Waals surface area contributed by atoms with Crippen LogP contribution >= 0.6 is 0 Å². The molecule has 5 heteroatoms. The minimum absolute atomic E-state index is 0.290. The number of pyridine rings is 2. The maximum absolute atomic E-state index is 11.5. The van der Waals surface area contributed by atoms with Gasteiger partial charge < -0.3 is 0 Å². The number of aryl methyl sites for hydroxylation is 1. The van der Waals surface area contributed by atoms with Gasteiger partial charge in [0.15, 0.2) is 9.84 Å². The average molecular weight is 348 g/mol. The SMILES string of the molecule is Cc1cccc(C#Cc2ccnc(-c3ccc(S(C)(=O)=O)cc3)c2)n1. The summed E-state index contributed by atoms with van der Waals surface area (Å²) < 4.78 is 23.1. The maximum atomic E-state index is 11.5. The zero-order chi connectivity index (χ0) is 17.9. The van der Waals surface area contributed by atoms with Gasteiger partial charge in [-0.25, -0.2) is 13.4 Å². The van der Waals surface area contributed by atoms with Crippen LogP contribution in [0.1, 0.15) is 17.0 Å². The van der Waals surface area contributed by atoms with E-state index in [4.69, 9.17) is 0 Å². The Bertz CT molecular complexity index is 1080. The van der Waals surface area contributed by atoms with Crippen LogP contribution in [-0.4, -0.2) is 24.6 Å². The van der Waals surface area contributed by atoms with Gasteiger partial charge in [0.1, 0.15) is 5.69 Å². The molecular weight excluding hydrogens is 332 g/mol. The van der Waals surface area contributed by atoms with Crippen molar-refractivity contribution in [3.05, 3.63) is 77.7 Å². The van der Waals surface area contributed by atoms with E-state index in [1.165, 1.54) is 6.26 Å². The van der Waals surface area contributed by atoms with Crippen LogP contribution in [0.2, 0.25) is 0 Å². The van der Waals surface area contributed by atoms with E-state index in [1.54, 1.807) is 30.5 Å². The minimum atomic E-state index is -3.20. The predicted octanol–water partition coefficient (Wildman–Crippen LogP) is 3.26. The first kappa shape index (κ1) is 16.9. The fraction of sp³-hybridized carbons (Fsp3) is 0.100. The second-order valence-electron chi connectivity index (χ2n) is 5.64. The van der Waals surface area contributed by atoms with Crippen LogP contribution in [0, 0.1) is 18.8 Å². The van der Waals surface area contributed by atoms with E-state index in [0.29, 0.717) is 0 Å². The van der Waals surface area contributed by atoms with Gasteiger partial charge in [-0.2, -0.15) is 0 Å². The van der Waals surface area contributed by atoms with Gasteiger partial charge in [0.05, 0.1) is 10.6 Å². The minimum Gasteiger partial charge on any atom is -0.256 e. The first-order chi connectivity index (χ1) is 11.9. The molecule has 2 aromatic heterocycles. The predicted molar refractivity (Wildman–Crippen MR) is 97.7 cm³/mol. The van der Waals surface area contributed by atoms with Crippen molar-refractivity contribution in [3.8, 4) is 23.1 Å². The molecule has 0 N–H and O–H groups in total. The molecule has 0 saturated heterocycles. The lowest BCUT2D eigenvalue weighted by molar-refractivity contribution is 0.602. The molecule has 2 heterocycles. The number of hydrogen-bond donors (Lipinski definition) is 0. The highest BCUT2D eigenvalue weighted by Gasteiger charge is 2.07. The molecule has 0 bridgehead atoms. The first-order valence-corrected chi connectivity index (χ1v) is 9.53. The largest absolute Gasteiger partial charge is 0.256 e. The molecule has 0 aliphatic rings. The Kier molecular flexibility index (Phi) is 4.64. The third-order valence-corrected chi connectivity index (χ3v) is 4.69. The molecule has 0 spiro atoms. The molecule has 4 nitrogen and oxygen atoms in total. The Morgan fingerprint density at radius 1 is 0.960 bits per heavy atom. The maximum Gasteiger partial charge on any atom is 0.175 e. The molecule has 0 aliphatic heterocycles. The van der Waals surface area contributed by atoms with Crippen LogP contribution < -0.4 is 0 Å². The fourth-order valence-corrected chi connectivity index (χ4v) is 2.92. The van der Waals surface area contributed by atoms with Crippen molar-refractivity contribution in [1.29, 1.82) is 0 Å². The Morgan fingerprint density at radius 2 is 1.72 bits per heavy atom. The third kappa shape index (κ3) is 4.31. The first-order valence-electron chi connectivity index (χ1n) is 7.64. The van der Waals surface area contributed by atoms with E-state index in [2.05, 4.69) is 21.8 Å². The molecule has 124 valence electrons. The summed E-state index contributed by atoms with van der Waals surface area (Å²) in [6.45, 7) is 1.93. The van der Waals surface area contributed by atoms with Crippen LogP contribution in [-0.2, 0) is 9.84 Å². The van der Waals surface area contributed by atoms with E-state index in [9.17, 15) is 8.42 Å². The third-order valence-electron chi connectivity index (χ3n) is 3.56. The van der Waals surface area contributed by atoms with E-state index >= 15 is 0 Å². The summed E-state index contributed by atoms with van der Waals surface area (Å²) in [5, 5.41) is 0. The summed E-state index contributed by atoms with van der Waals surface area (Å²) in [6, 6.07) is 16.1. The summed E-state index contributed by atoms with van der Waals surface area (Å²) in [7, 11) is -3.20.